The van der Waals surface area contributed by atoms with Crippen molar-refractivity contribution in [3.8, 4) is 0 Å². The van der Waals surface area contributed by atoms with Crippen molar-refractivity contribution in [3.05, 3.63) is 0 Å². The topological polar surface area (TPSA) is 0 Å². The normalized spacial score (nSPS) is 60.3. The van der Waals surface area contributed by atoms with Crippen LogP contribution in [0.5, 0.6) is 0 Å². The van der Waals surface area contributed by atoms with Gasteiger partial charge in [0.2, 0.25) is 0 Å². The van der Waals surface area contributed by atoms with E-state index in [0.29, 0.717) is 0 Å². The van der Waals surface area contributed by atoms with E-state index < -0.39 is 0 Å². The van der Waals surface area contributed by atoms with Crippen LogP contribution in [0.3, 0.4) is 0 Å². The predicted octanol–water partition coefficient (Wildman–Crippen LogP) is 2.93. The van der Waals surface area contributed by atoms with Gasteiger partial charge in [0.15, 0.2) is 0 Å². The fourth-order valence-electron chi connectivity index (χ4n) is 3.85. The van der Waals surface area contributed by atoms with E-state index in [2.05, 4.69) is 18.7 Å². The molecule has 0 N–H and O–H groups in total. The number of hydrogen-bond donors (Lipinski definition) is 0. The van der Waals surface area contributed by atoms with Crippen LogP contribution < -0.4 is 0 Å². The lowest BCUT2D eigenvalue weighted by atomic mass is 9.71. The third kappa shape index (κ3) is 0.577. The Balaban J connectivity index is 2.10. The smallest absolute Gasteiger partial charge is 0.000497 e. The SMILES string of the molecule is C[C@]12CSCC13CCC2CC3. The number of hydrogen-bond acceptors (Lipinski definition) is 1. The number of thioether (sulfide) groups is 1. The summed E-state index contributed by atoms with van der Waals surface area (Å²) in [5.41, 5.74) is 1.60. The van der Waals surface area contributed by atoms with Gasteiger partial charge in [0.05, 0.1) is 0 Å². The summed E-state index contributed by atoms with van der Waals surface area (Å²) in [7, 11) is 0. The van der Waals surface area contributed by atoms with E-state index in [9.17, 15) is 0 Å². The minimum absolute atomic E-state index is 0.775. The molecule has 0 radical (unpaired) electrons. The van der Waals surface area contributed by atoms with Crippen LogP contribution in [0, 0.1) is 16.7 Å². The second kappa shape index (κ2) is 1.81. The van der Waals surface area contributed by atoms with Gasteiger partial charge in [-0.1, -0.05) is 6.92 Å². The monoisotopic (exact) mass is 168 g/mol. The molecule has 1 heterocycles. The summed E-state index contributed by atoms with van der Waals surface area (Å²) in [6.45, 7) is 2.57. The van der Waals surface area contributed by atoms with Gasteiger partial charge >= 0.3 is 0 Å². The van der Waals surface area contributed by atoms with Crippen molar-refractivity contribution < 1.29 is 0 Å². The van der Waals surface area contributed by atoms with E-state index in [0.717, 1.165) is 16.7 Å². The summed E-state index contributed by atoms with van der Waals surface area (Å²) < 4.78 is 0. The molecule has 1 saturated heterocycles. The molecule has 0 spiro atoms. The van der Waals surface area contributed by atoms with Crippen LogP contribution in [-0.4, -0.2) is 11.5 Å². The molecule has 62 valence electrons. The Morgan fingerprint density at radius 2 is 1.91 bits per heavy atom. The third-order valence-electron chi connectivity index (χ3n) is 4.84. The highest BCUT2D eigenvalue weighted by Crippen LogP contribution is 2.71. The Kier molecular flexibility index (Phi) is 1.12. The molecule has 0 nitrogen and oxygen atoms in total. The van der Waals surface area contributed by atoms with Crippen molar-refractivity contribution in [3.63, 3.8) is 0 Å². The maximum absolute atomic E-state index is 2.57. The number of rotatable bonds is 0. The van der Waals surface area contributed by atoms with Crippen LogP contribution in [-0.2, 0) is 0 Å². The standard InChI is InChI=1S/C10H16S/c1-9-6-11-7-10(9)4-2-8(9)3-5-10/h8H,2-7H2,1H3/t8?,9-,10?/m1/s1. The van der Waals surface area contributed by atoms with Gasteiger partial charge in [-0.2, -0.15) is 11.8 Å². The molecule has 1 aliphatic heterocycles. The molecule has 2 aliphatic carbocycles. The van der Waals surface area contributed by atoms with Crippen LogP contribution in [0.25, 0.3) is 0 Å². The second-order valence-electron chi connectivity index (χ2n) is 4.96. The molecule has 1 atom stereocenters. The fourth-order valence-corrected chi connectivity index (χ4v) is 5.93. The molecular weight excluding hydrogens is 152 g/mol. The van der Waals surface area contributed by atoms with Crippen molar-refractivity contribution in [2.45, 2.75) is 32.6 Å². The molecular formula is C10H16S. The Morgan fingerprint density at radius 3 is 2.55 bits per heavy atom. The lowest BCUT2D eigenvalue weighted by Crippen LogP contribution is -2.30. The molecule has 3 rings (SSSR count). The van der Waals surface area contributed by atoms with Crippen molar-refractivity contribution in [1.82, 2.24) is 0 Å². The first-order chi connectivity index (χ1) is 5.27. The minimum atomic E-state index is 0.775. The summed E-state index contributed by atoms with van der Waals surface area (Å²) in [4.78, 5) is 0. The summed E-state index contributed by atoms with van der Waals surface area (Å²) in [6, 6.07) is 0. The highest BCUT2D eigenvalue weighted by molar-refractivity contribution is 7.99. The molecule has 2 bridgehead atoms. The van der Waals surface area contributed by atoms with Crippen molar-refractivity contribution >= 4 is 11.8 Å². The molecule has 1 heteroatoms. The van der Waals surface area contributed by atoms with Crippen LogP contribution >= 0.6 is 11.8 Å². The van der Waals surface area contributed by atoms with Gasteiger partial charge in [-0.15, -0.1) is 0 Å². The van der Waals surface area contributed by atoms with E-state index in [1.165, 1.54) is 11.5 Å². The first-order valence-electron chi connectivity index (χ1n) is 4.85. The quantitative estimate of drug-likeness (QED) is 0.536. The summed E-state index contributed by atoms with van der Waals surface area (Å²) >= 11 is 2.22. The average molecular weight is 168 g/mol. The molecule has 0 unspecified atom stereocenters. The molecule has 0 amide bonds. The third-order valence-corrected chi connectivity index (χ3v) is 6.40. The lowest BCUT2D eigenvalue weighted by Gasteiger charge is -2.32. The zero-order chi connectivity index (χ0) is 7.53. The van der Waals surface area contributed by atoms with Crippen molar-refractivity contribution in [2.75, 3.05) is 11.5 Å². The molecule has 3 aliphatic rings. The Morgan fingerprint density at radius 1 is 1.18 bits per heavy atom. The van der Waals surface area contributed by atoms with Crippen molar-refractivity contribution in [2.24, 2.45) is 16.7 Å². The fraction of sp³-hybridized carbons (Fsp3) is 1.00. The van der Waals surface area contributed by atoms with E-state index in [1.54, 1.807) is 25.7 Å². The van der Waals surface area contributed by atoms with E-state index in [4.69, 9.17) is 0 Å². The Bertz CT molecular complexity index is 180. The van der Waals surface area contributed by atoms with Gasteiger partial charge < -0.3 is 0 Å². The van der Waals surface area contributed by atoms with Gasteiger partial charge in [0.25, 0.3) is 0 Å². The first-order valence-corrected chi connectivity index (χ1v) is 6.00. The summed E-state index contributed by atoms with van der Waals surface area (Å²) in [5.74, 6) is 4.06. The maximum Gasteiger partial charge on any atom is -0.000497 e. The molecule has 2 saturated carbocycles. The van der Waals surface area contributed by atoms with E-state index in [1.807, 2.05) is 0 Å². The molecule has 0 aromatic heterocycles. The van der Waals surface area contributed by atoms with Gasteiger partial charge in [-0.3, -0.25) is 0 Å². The maximum atomic E-state index is 2.57. The lowest BCUT2D eigenvalue weighted by molar-refractivity contribution is 0.179. The van der Waals surface area contributed by atoms with Crippen molar-refractivity contribution in [1.29, 1.82) is 0 Å². The van der Waals surface area contributed by atoms with E-state index in [-0.39, 0.29) is 0 Å². The highest BCUT2D eigenvalue weighted by Gasteiger charge is 2.63. The zero-order valence-electron chi connectivity index (χ0n) is 7.23. The van der Waals surface area contributed by atoms with Crippen LogP contribution in [0.1, 0.15) is 32.6 Å². The van der Waals surface area contributed by atoms with Gasteiger partial charge in [-0.05, 0) is 53.9 Å². The predicted molar refractivity (Wildman–Crippen MR) is 49.8 cm³/mol. The second-order valence-corrected chi connectivity index (χ2v) is 5.95. The first kappa shape index (κ1) is 6.82. The molecule has 3 fully saturated rings. The van der Waals surface area contributed by atoms with E-state index >= 15 is 0 Å². The highest BCUT2D eigenvalue weighted by atomic mass is 32.2. The van der Waals surface area contributed by atoms with Gasteiger partial charge in [0, 0.05) is 0 Å². The van der Waals surface area contributed by atoms with Gasteiger partial charge in [-0.25, -0.2) is 0 Å². The summed E-state index contributed by atoms with van der Waals surface area (Å²) in [5, 5.41) is 0. The zero-order valence-corrected chi connectivity index (χ0v) is 8.04. The van der Waals surface area contributed by atoms with Crippen LogP contribution in [0.4, 0.5) is 0 Å². The Labute approximate surface area is 73.1 Å². The van der Waals surface area contributed by atoms with Crippen LogP contribution in [0.15, 0.2) is 0 Å². The average Bonchev–Trinajstić information content (AvgIpc) is 2.50. The van der Waals surface area contributed by atoms with Crippen LogP contribution in [0.2, 0.25) is 0 Å². The molecule has 0 aromatic rings. The largest absolute Gasteiger partial charge is 0.161 e. The molecule has 0 aromatic carbocycles. The van der Waals surface area contributed by atoms with Gasteiger partial charge in [0.1, 0.15) is 0 Å². The minimum Gasteiger partial charge on any atom is -0.161 e. The Hall–Kier alpha value is 0.350. The summed E-state index contributed by atoms with van der Waals surface area (Å²) in [6.07, 6.45) is 6.22. The molecule has 11 heavy (non-hydrogen) atoms.